The third kappa shape index (κ3) is 8.78. The van der Waals surface area contributed by atoms with E-state index in [-0.39, 0.29) is 23.0 Å². The molecule has 0 bridgehead atoms. The van der Waals surface area contributed by atoms with Gasteiger partial charge in [0.15, 0.2) is 0 Å². The van der Waals surface area contributed by atoms with Crippen molar-refractivity contribution in [2.75, 3.05) is 17.4 Å². The molecule has 0 spiro atoms. The van der Waals surface area contributed by atoms with Gasteiger partial charge in [-0.1, -0.05) is 72.1 Å². The van der Waals surface area contributed by atoms with E-state index >= 15 is 0 Å². The summed E-state index contributed by atoms with van der Waals surface area (Å²) >= 11 is 12.5. The van der Waals surface area contributed by atoms with E-state index in [0.717, 1.165) is 9.87 Å². The van der Waals surface area contributed by atoms with Gasteiger partial charge in [-0.25, -0.2) is 8.42 Å². The van der Waals surface area contributed by atoms with E-state index < -0.39 is 28.5 Å². The summed E-state index contributed by atoms with van der Waals surface area (Å²) in [6.07, 6.45) is 0.710. The predicted octanol–water partition coefficient (Wildman–Crippen LogP) is 7.23. The number of carbonyl (C=O) groups excluding carboxylic acids is 2. The molecule has 0 fully saturated rings. The average Bonchev–Trinajstić information content (AvgIpc) is 3.03. The molecule has 4 rings (SSSR count). The van der Waals surface area contributed by atoms with Crippen LogP contribution in [0.3, 0.4) is 0 Å². The van der Waals surface area contributed by atoms with E-state index in [4.69, 9.17) is 27.9 Å². The second-order valence-electron chi connectivity index (χ2n) is 10.5. The first-order chi connectivity index (χ1) is 21.5. The van der Waals surface area contributed by atoms with E-state index in [1.807, 2.05) is 32.0 Å². The maximum atomic E-state index is 14.1. The van der Waals surface area contributed by atoms with Crippen LogP contribution in [0.1, 0.15) is 31.4 Å². The van der Waals surface area contributed by atoms with E-state index in [1.54, 1.807) is 73.7 Å². The molecular formula is C34H35Cl2N3O5S. The van der Waals surface area contributed by atoms with Crippen LogP contribution in [0.2, 0.25) is 10.0 Å². The normalized spacial score (nSPS) is 11.8. The lowest BCUT2D eigenvalue weighted by molar-refractivity contribution is -0.139. The molecule has 8 nitrogen and oxygen atoms in total. The number of ether oxygens (including phenoxy) is 1. The number of rotatable bonds is 13. The van der Waals surface area contributed by atoms with Gasteiger partial charge in [-0.15, -0.1) is 0 Å². The van der Waals surface area contributed by atoms with Gasteiger partial charge in [0.05, 0.1) is 10.6 Å². The predicted molar refractivity (Wildman–Crippen MR) is 178 cm³/mol. The Labute approximate surface area is 274 Å². The standard InChI is InChI=1S/C34H35Cl2N3O5S/c1-4-20-37-34(41)25(3)38(22-26-12-13-27(35)21-32(26)36)33(40)23-39(45(42,43)31-18-10-24(2)11-19-31)28-14-16-30(17-15-28)44-29-8-6-5-7-9-29/h5-19,21,25H,4,20,22-23H2,1-3H3,(H,37,41)/t25-/m1/s1. The quantitative estimate of drug-likeness (QED) is 0.162. The number of hydrogen-bond acceptors (Lipinski definition) is 5. The number of sulfonamides is 1. The number of nitrogens with one attached hydrogen (secondary N) is 1. The summed E-state index contributed by atoms with van der Waals surface area (Å²) in [5.41, 5.74) is 1.69. The van der Waals surface area contributed by atoms with Crippen molar-refractivity contribution in [1.82, 2.24) is 10.2 Å². The zero-order chi connectivity index (χ0) is 32.6. The molecule has 0 aliphatic rings. The molecule has 0 aromatic heterocycles. The number of benzene rings is 4. The van der Waals surface area contributed by atoms with Crippen LogP contribution >= 0.6 is 23.2 Å². The largest absolute Gasteiger partial charge is 0.457 e. The Morgan fingerprint density at radius 1 is 0.889 bits per heavy atom. The molecule has 0 saturated heterocycles. The Morgan fingerprint density at radius 2 is 1.53 bits per heavy atom. The highest BCUT2D eigenvalue weighted by Gasteiger charge is 2.33. The second-order valence-corrected chi connectivity index (χ2v) is 13.2. The molecule has 1 atom stereocenters. The molecule has 0 saturated carbocycles. The lowest BCUT2D eigenvalue weighted by atomic mass is 10.1. The Hall–Kier alpha value is -4.05. The van der Waals surface area contributed by atoms with Gasteiger partial charge in [0.2, 0.25) is 11.8 Å². The molecule has 11 heteroatoms. The maximum absolute atomic E-state index is 14.1. The molecule has 4 aromatic carbocycles. The van der Waals surface area contributed by atoms with E-state index in [0.29, 0.717) is 40.1 Å². The summed E-state index contributed by atoms with van der Waals surface area (Å²) in [6, 6.07) is 25.9. The van der Waals surface area contributed by atoms with Crippen molar-refractivity contribution >= 4 is 50.7 Å². The molecule has 0 aliphatic heterocycles. The van der Waals surface area contributed by atoms with Crippen LogP contribution in [0, 0.1) is 6.92 Å². The first-order valence-electron chi connectivity index (χ1n) is 14.4. The van der Waals surface area contributed by atoms with Gasteiger partial charge in [-0.3, -0.25) is 13.9 Å². The summed E-state index contributed by atoms with van der Waals surface area (Å²) in [5.74, 6) is 0.145. The highest BCUT2D eigenvalue weighted by Crippen LogP contribution is 2.29. The minimum Gasteiger partial charge on any atom is -0.457 e. The van der Waals surface area contributed by atoms with Crippen LogP contribution in [0.25, 0.3) is 0 Å². The van der Waals surface area contributed by atoms with Gasteiger partial charge >= 0.3 is 0 Å². The Balaban J connectivity index is 1.71. The van der Waals surface area contributed by atoms with E-state index in [1.165, 1.54) is 17.0 Å². The van der Waals surface area contributed by atoms with Gasteiger partial charge in [-0.2, -0.15) is 0 Å². The summed E-state index contributed by atoms with van der Waals surface area (Å²) in [6.45, 7) is 5.18. The van der Waals surface area contributed by atoms with Crippen LogP contribution in [0.15, 0.2) is 102 Å². The average molecular weight is 669 g/mol. The van der Waals surface area contributed by atoms with Gasteiger partial charge in [0, 0.05) is 23.1 Å². The zero-order valence-corrected chi connectivity index (χ0v) is 27.6. The fourth-order valence-electron chi connectivity index (χ4n) is 4.48. The molecule has 0 radical (unpaired) electrons. The molecule has 4 aromatic rings. The molecule has 45 heavy (non-hydrogen) atoms. The molecular weight excluding hydrogens is 633 g/mol. The maximum Gasteiger partial charge on any atom is 0.264 e. The summed E-state index contributed by atoms with van der Waals surface area (Å²) in [7, 11) is -4.22. The number of aryl methyl sites for hydroxylation is 1. The fraction of sp³-hybridized carbons (Fsp3) is 0.235. The minimum absolute atomic E-state index is 0.0199. The van der Waals surface area contributed by atoms with Gasteiger partial charge < -0.3 is 15.0 Å². The molecule has 1 N–H and O–H groups in total. The number of hydrogen-bond donors (Lipinski definition) is 1. The van der Waals surface area contributed by atoms with Crippen LogP contribution in [-0.4, -0.2) is 44.3 Å². The fourth-order valence-corrected chi connectivity index (χ4v) is 6.37. The van der Waals surface area contributed by atoms with Crippen molar-refractivity contribution in [3.63, 3.8) is 0 Å². The lowest BCUT2D eigenvalue weighted by Gasteiger charge is -2.32. The van der Waals surface area contributed by atoms with Crippen molar-refractivity contribution in [1.29, 1.82) is 0 Å². The van der Waals surface area contributed by atoms with Crippen LogP contribution in [-0.2, 0) is 26.2 Å². The third-order valence-corrected chi connectivity index (χ3v) is 9.44. The first-order valence-corrected chi connectivity index (χ1v) is 16.6. The van der Waals surface area contributed by atoms with E-state index in [9.17, 15) is 18.0 Å². The smallest absolute Gasteiger partial charge is 0.264 e. The Kier molecular flexibility index (Phi) is 11.5. The molecule has 236 valence electrons. The van der Waals surface area contributed by atoms with E-state index in [2.05, 4.69) is 5.32 Å². The van der Waals surface area contributed by atoms with Gasteiger partial charge in [0.1, 0.15) is 24.1 Å². The molecule has 2 amide bonds. The number of para-hydroxylation sites is 1. The number of anilines is 1. The summed E-state index contributed by atoms with van der Waals surface area (Å²) < 4.78 is 35.1. The van der Waals surface area contributed by atoms with Crippen molar-refractivity contribution in [2.24, 2.45) is 0 Å². The van der Waals surface area contributed by atoms with Gasteiger partial charge in [-0.05, 0) is 86.5 Å². The Morgan fingerprint density at radius 3 is 2.16 bits per heavy atom. The van der Waals surface area contributed by atoms with Crippen molar-refractivity contribution < 1.29 is 22.7 Å². The Bertz CT molecular complexity index is 1720. The number of nitrogens with zero attached hydrogens (tertiary/aromatic N) is 2. The second kappa shape index (κ2) is 15.3. The van der Waals surface area contributed by atoms with Crippen molar-refractivity contribution in [3.8, 4) is 11.5 Å². The molecule has 0 aliphatic carbocycles. The molecule has 0 heterocycles. The summed E-state index contributed by atoms with van der Waals surface area (Å²) in [4.78, 5) is 28.5. The van der Waals surface area contributed by atoms with Crippen LogP contribution in [0.4, 0.5) is 5.69 Å². The topological polar surface area (TPSA) is 96.0 Å². The monoisotopic (exact) mass is 667 g/mol. The van der Waals surface area contributed by atoms with Crippen LogP contribution in [0.5, 0.6) is 11.5 Å². The minimum atomic E-state index is -4.22. The van der Waals surface area contributed by atoms with Crippen molar-refractivity contribution in [2.45, 2.75) is 44.7 Å². The number of halogens is 2. The highest BCUT2D eigenvalue weighted by molar-refractivity contribution is 7.92. The van der Waals surface area contributed by atoms with Gasteiger partial charge in [0.25, 0.3) is 10.0 Å². The SMILES string of the molecule is CCCNC(=O)[C@@H](C)N(Cc1ccc(Cl)cc1Cl)C(=O)CN(c1ccc(Oc2ccccc2)cc1)S(=O)(=O)c1ccc(C)cc1. The number of carbonyl (C=O) groups is 2. The van der Waals surface area contributed by atoms with Crippen LogP contribution < -0.4 is 14.4 Å². The zero-order valence-electron chi connectivity index (χ0n) is 25.2. The number of amides is 2. The molecule has 0 unspecified atom stereocenters. The lowest BCUT2D eigenvalue weighted by Crippen LogP contribution is -2.51. The van der Waals surface area contributed by atoms with Crippen molar-refractivity contribution in [3.05, 3.63) is 118 Å². The third-order valence-electron chi connectivity index (χ3n) is 7.06. The highest BCUT2D eigenvalue weighted by atomic mass is 35.5. The first kappa shape index (κ1) is 33.8. The summed E-state index contributed by atoms with van der Waals surface area (Å²) in [5, 5.41) is 3.56.